The number of nitrogens with two attached hydrogens (primary N) is 1. The van der Waals surface area contributed by atoms with E-state index in [0.29, 0.717) is 0 Å². The van der Waals surface area contributed by atoms with Gasteiger partial charge in [0, 0.05) is 10.6 Å². The maximum Gasteiger partial charge on any atom is 0.0412 e. The Morgan fingerprint density at radius 1 is 1.27 bits per heavy atom. The summed E-state index contributed by atoms with van der Waals surface area (Å²) in [5.74, 6) is 0. The fraction of sp³-hybridized carbons (Fsp3) is 0.538. The van der Waals surface area contributed by atoms with Crippen molar-refractivity contribution in [2.45, 2.75) is 44.6 Å². The predicted molar refractivity (Wildman–Crippen MR) is 65.2 cm³/mol. The van der Waals surface area contributed by atoms with Crippen LogP contribution >= 0.6 is 11.6 Å². The Morgan fingerprint density at radius 3 is 2.53 bits per heavy atom. The van der Waals surface area contributed by atoms with E-state index in [9.17, 15) is 0 Å². The molecule has 1 fully saturated rings. The molecule has 1 aromatic carbocycles. The lowest BCUT2D eigenvalue weighted by Crippen LogP contribution is -2.33. The Kier molecular flexibility index (Phi) is 3.03. The summed E-state index contributed by atoms with van der Waals surface area (Å²) in [7, 11) is 0. The van der Waals surface area contributed by atoms with Crippen LogP contribution in [0.15, 0.2) is 18.2 Å². The Morgan fingerprint density at radius 2 is 1.93 bits per heavy atom. The summed E-state index contributed by atoms with van der Waals surface area (Å²) in [4.78, 5) is 0. The number of rotatable bonds is 2. The van der Waals surface area contributed by atoms with E-state index in [1.807, 2.05) is 12.1 Å². The molecule has 1 aromatic rings. The van der Waals surface area contributed by atoms with Gasteiger partial charge in [-0.25, -0.2) is 0 Å². The average molecular weight is 224 g/mol. The van der Waals surface area contributed by atoms with Crippen molar-refractivity contribution in [1.29, 1.82) is 0 Å². The molecule has 2 N–H and O–H groups in total. The standard InChI is InChI=1S/C13H18ClN/c1-2-10-7-11(9-12(14)8-10)13(15)5-3-4-6-13/h7-9H,2-6,15H2,1H3. The van der Waals surface area contributed by atoms with Gasteiger partial charge in [0.25, 0.3) is 0 Å². The molecule has 0 atom stereocenters. The van der Waals surface area contributed by atoms with Crippen LogP contribution < -0.4 is 5.73 Å². The highest BCUT2D eigenvalue weighted by Gasteiger charge is 2.31. The number of hydrogen-bond donors (Lipinski definition) is 1. The molecule has 82 valence electrons. The molecule has 0 aliphatic heterocycles. The topological polar surface area (TPSA) is 26.0 Å². The Bertz CT molecular complexity index is 354. The van der Waals surface area contributed by atoms with Crippen LogP contribution in [-0.4, -0.2) is 0 Å². The van der Waals surface area contributed by atoms with Crippen LogP contribution in [0.3, 0.4) is 0 Å². The minimum absolute atomic E-state index is 0.116. The van der Waals surface area contributed by atoms with Crippen LogP contribution in [0, 0.1) is 0 Å². The largest absolute Gasteiger partial charge is 0.321 e. The normalized spacial score (nSPS) is 19.4. The molecule has 0 heterocycles. The van der Waals surface area contributed by atoms with Gasteiger partial charge in [-0.1, -0.05) is 37.4 Å². The van der Waals surface area contributed by atoms with Gasteiger partial charge in [-0.15, -0.1) is 0 Å². The van der Waals surface area contributed by atoms with Gasteiger partial charge >= 0.3 is 0 Å². The molecule has 15 heavy (non-hydrogen) atoms. The first-order valence-corrected chi connectivity index (χ1v) is 6.11. The molecule has 1 saturated carbocycles. The highest BCUT2D eigenvalue weighted by atomic mass is 35.5. The molecular weight excluding hydrogens is 206 g/mol. The molecule has 2 heteroatoms. The van der Waals surface area contributed by atoms with E-state index in [0.717, 1.165) is 24.3 Å². The molecule has 0 spiro atoms. The molecule has 0 radical (unpaired) electrons. The van der Waals surface area contributed by atoms with Crippen LogP contribution in [0.25, 0.3) is 0 Å². The van der Waals surface area contributed by atoms with E-state index >= 15 is 0 Å². The fourth-order valence-electron chi connectivity index (χ4n) is 2.44. The van der Waals surface area contributed by atoms with Gasteiger partial charge in [0.05, 0.1) is 0 Å². The molecule has 0 saturated heterocycles. The van der Waals surface area contributed by atoms with Crippen molar-refractivity contribution in [2.24, 2.45) is 5.73 Å². The van der Waals surface area contributed by atoms with Crippen molar-refractivity contribution in [3.8, 4) is 0 Å². The summed E-state index contributed by atoms with van der Waals surface area (Å²) < 4.78 is 0. The highest BCUT2D eigenvalue weighted by Crippen LogP contribution is 2.37. The lowest BCUT2D eigenvalue weighted by Gasteiger charge is -2.25. The van der Waals surface area contributed by atoms with E-state index in [1.165, 1.54) is 24.0 Å². The molecule has 0 aromatic heterocycles. The van der Waals surface area contributed by atoms with Crippen molar-refractivity contribution in [3.63, 3.8) is 0 Å². The maximum absolute atomic E-state index is 6.41. The van der Waals surface area contributed by atoms with Crippen molar-refractivity contribution in [1.82, 2.24) is 0 Å². The summed E-state index contributed by atoms with van der Waals surface area (Å²) in [6.07, 6.45) is 5.69. The third kappa shape index (κ3) is 2.19. The van der Waals surface area contributed by atoms with E-state index in [-0.39, 0.29) is 5.54 Å². The lowest BCUT2D eigenvalue weighted by molar-refractivity contribution is 0.461. The Hall–Kier alpha value is -0.530. The van der Waals surface area contributed by atoms with Gasteiger partial charge in [-0.3, -0.25) is 0 Å². The van der Waals surface area contributed by atoms with E-state index in [1.54, 1.807) is 0 Å². The first-order chi connectivity index (χ1) is 7.14. The van der Waals surface area contributed by atoms with Crippen LogP contribution in [0.5, 0.6) is 0 Å². The van der Waals surface area contributed by atoms with Crippen molar-refractivity contribution < 1.29 is 0 Å². The minimum atomic E-state index is -0.116. The molecule has 0 bridgehead atoms. The molecule has 2 rings (SSSR count). The van der Waals surface area contributed by atoms with Crippen LogP contribution in [0.4, 0.5) is 0 Å². The average Bonchev–Trinajstić information content (AvgIpc) is 2.65. The zero-order chi connectivity index (χ0) is 10.9. The molecule has 0 amide bonds. The summed E-state index contributed by atoms with van der Waals surface area (Å²) in [6.45, 7) is 2.15. The lowest BCUT2D eigenvalue weighted by atomic mass is 9.88. The van der Waals surface area contributed by atoms with E-state index < -0.39 is 0 Å². The smallest absolute Gasteiger partial charge is 0.0412 e. The Labute approximate surface area is 96.6 Å². The van der Waals surface area contributed by atoms with Gasteiger partial charge in [0.2, 0.25) is 0 Å². The van der Waals surface area contributed by atoms with E-state index in [4.69, 9.17) is 17.3 Å². The number of benzene rings is 1. The van der Waals surface area contributed by atoms with Crippen molar-refractivity contribution >= 4 is 11.6 Å². The molecule has 1 aliphatic rings. The molecule has 1 nitrogen and oxygen atoms in total. The summed E-state index contributed by atoms with van der Waals surface area (Å²) >= 11 is 6.11. The third-order valence-corrected chi connectivity index (χ3v) is 3.65. The molecule has 1 aliphatic carbocycles. The summed E-state index contributed by atoms with van der Waals surface area (Å²) in [6, 6.07) is 6.28. The van der Waals surface area contributed by atoms with Gasteiger partial charge < -0.3 is 5.73 Å². The fourth-order valence-corrected chi connectivity index (χ4v) is 2.69. The minimum Gasteiger partial charge on any atom is -0.321 e. The predicted octanol–water partition coefficient (Wildman–Crippen LogP) is 3.63. The second kappa shape index (κ2) is 4.15. The second-order valence-electron chi connectivity index (χ2n) is 4.56. The summed E-state index contributed by atoms with van der Waals surface area (Å²) in [5.41, 5.74) is 8.81. The third-order valence-electron chi connectivity index (χ3n) is 3.44. The van der Waals surface area contributed by atoms with Crippen LogP contribution in [-0.2, 0) is 12.0 Å². The van der Waals surface area contributed by atoms with Crippen molar-refractivity contribution in [3.05, 3.63) is 34.3 Å². The highest BCUT2D eigenvalue weighted by molar-refractivity contribution is 6.30. The number of hydrogen-bond acceptors (Lipinski definition) is 1. The van der Waals surface area contributed by atoms with Crippen LogP contribution in [0.2, 0.25) is 5.02 Å². The number of aryl methyl sites for hydroxylation is 1. The first kappa shape index (κ1) is 11.0. The Balaban J connectivity index is 2.38. The SMILES string of the molecule is CCc1cc(Cl)cc(C2(N)CCCC2)c1. The monoisotopic (exact) mass is 223 g/mol. The van der Waals surface area contributed by atoms with Gasteiger partial charge in [0.1, 0.15) is 0 Å². The summed E-state index contributed by atoms with van der Waals surface area (Å²) in [5, 5.41) is 0.820. The molecular formula is C13H18ClN. The van der Waals surface area contributed by atoms with Gasteiger partial charge in [-0.05, 0) is 42.5 Å². The number of halogens is 1. The van der Waals surface area contributed by atoms with Crippen LogP contribution in [0.1, 0.15) is 43.7 Å². The van der Waals surface area contributed by atoms with E-state index in [2.05, 4.69) is 13.0 Å². The van der Waals surface area contributed by atoms with Gasteiger partial charge in [0.15, 0.2) is 0 Å². The molecule has 0 unspecified atom stereocenters. The first-order valence-electron chi connectivity index (χ1n) is 5.73. The second-order valence-corrected chi connectivity index (χ2v) is 5.00. The van der Waals surface area contributed by atoms with Gasteiger partial charge in [-0.2, -0.15) is 0 Å². The zero-order valence-electron chi connectivity index (χ0n) is 9.22. The quantitative estimate of drug-likeness (QED) is 0.814. The zero-order valence-corrected chi connectivity index (χ0v) is 9.98. The maximum atomic E-state index is 6.41. The van der Waals surface area contributed by atoms with Crippen molar-refractivity contribution in [2.75, 3.05) is 0 Å².